The molecule has 0 saturated heterocycles. The Labute approximate surface area is 258 Å². The molecule has 9 nitrogen and oxygen atoms in total. The van der Waals surface area contributed by atoms with Crippen LogP contribution in [0.3, 0.4) is 0 Å². The zero-order chi connectivity index (χ0) is 30.1. The number of anilines is 1. The van der Waals surface area contributed by atoms with E-state index in [-0.39, 0.29) is 28.5 Å². The summed E-state index contributed by atoms with van der Waals surface area (Å²) < 4.78 is 1.84. The van der Waals surface area contributed by atoms with Gasteiger partial charge in [0.2, 0.25) is 5.91 Å². The van der Waals surface area contributed by atoms with E-state index < -0.39 is 6.04 Å². The second-order valence-corrected chi connectivity index (χ2v) is 11.3. The maximum absolute atomic E-state index is 13.1. The van der Waals surface area contributed by atoms with Gasteiger partial charge in [0.05, 0.1) is 33.8 Å². The Morgan fingerprint density at radius 3 is 2.33 bits per heavy atom. The highest BCUT2D eigenvalue weighted by Gasteiger charge is 2.27. The molecule has 0 saturated carbocycles. The van der Waals surface area contributed by atoms with E-state index in [1.54, 1.807) is 42.5 Å². The van der Waals surface area contributed by atoms with Crippen LogP contribution in [0.15, 0.2) is 101 Å². The van der Waals surface area contributed by atoms with Crippen molar-refractivity contribution in [2.75, 3.05) is 11.1 Å². The molecule has 3 aromatic carbocycles. The van der Waals surface area contributed by atoms with Crippen molar-refractivity contribution in [2.24, 2.45) is 16.1 Å². The van der Waals surface area contributed by atoms with Crippen LogP contribution in [-0.2, 0) is 11.3 Å². The second-order valence-electron chi connectivity index (χ2n) is 9.48. The number of aromatic nitrogens is 3. The average Bonchev–Trinajstić information content (AvgIpc) is 3.36. The number of hydrogen-bond acceptors (Lipinski definition) is 7. The number of benzene rings is 3. The number of nitrogens with zero attached hydrogens (tertiary/aromatic N) is 5. The molecule has 0 spiro atoms. The quantitative estimate of drug-likeness (QED) is 0.0943. The van der Waals surface area contributed by atoms with Crippen molar-refractivity contribution in [1.82, 2.24) is 20.1 Å². The van der Waals surface area contributed by atoms with Gasteiger partial charge in [0, 0.05) is 17.3 Å². The highest BCUT2D eigenvalue weighted by atomic mass is 35.5. The number of amides is 2. The lowest BCUT2D eigenvalue weighted by atomic mass is 10.0. The molecule has 1 aromatic heterocycles. The summed E-state index contributed by atoms with van der Waals surface area (Å²) in [6.07, 6.45) is 1.71. The van der Waals surface area contributed by atoms with Gasteiger partial charge in [-0.2, -0.15) is 10.2 Å². The third-order valence-corrected chi connectivity index (χ3v) is 7.50. The molecule has 1 atom stereocenters. The molecule has 0 radical (unpaired) electrons. The van der Waals surface area contributed by atoms with Crippen LogP contribution >= 0.6 is 35.0 Å². The first-order chi connectivity index (χ1) is 20.2. The van der Waals surface area contributed by atoms with Gasteiger partial charge >= 0.3 is 0 Å². The van der Waals surface area contributed by atoms with Gasteiger partial charge < -0.3 is 15.2 Å². The van der Waals surface area contributed by atoms with Crippen LogP contribution < -0.4 is 10.6 Å². The summed E-state index contributed by atoms with van der Waals surface area (Å²) in [6.45, 7) is 8.17. The Kier molecular flexibility index (Phi) is 10.9. The minimum Gasteiger partial charge on any atom is -0.342 e. The zero-order valence-corrected chi connectivity index (χ0v) is 25.3. The highest BCUT2D eigenvalue weighted by molar-refractivity contribution is 7.99. The van der Waals surface area contributed by atoms with Gasteiger partial charge in [0.25, 0.3) is 5.91 Å². The first-order valence-electron chi connectivity index (χ1n) is 13.0. The number of nitrogens with one attached hydrogen (secondary N) is 2. The van der Waals surface area contributed by atoms with Gasteiger partial charge in [-0.25, -0.2) is 0 Å². The third kappa shape index (κ3) is 8.28. The van der Waals surface area contributed by atoms with Crippen molar-refractivity contribution in [3.05, 3.63) is 107 Å². The summed E-state index contributed by atoms with van der Waals surface area (Å²) in [5.74, 6) is 0.0591. The maximum atomic E-state index is 13.1. The van der Waals surface area contributed by atoms with E-state index in [2.05, 4.69) is 37.6 Å². The lowest BCUT2D eigenvalue weighted by Crippen LogP contribution is -2.34. The average molecular weight is 623 g/mol. The van der Waals surface area contributed by atoms with Crippen molar-refractivity contribution in [3.63, 3.8) is 0 Å². The summed E-state index contributed by atoms with van der Waals surface area (Å²) in [7, 11) is 0. The number of rotatable bonds is 12. The van der Waals surface area contributed by atoms with Gasteiger partial charge in [-0.1, -0.05) is 73.1 Å². The van der Waals surface area contributed by atoms with Gasteiger partial charge in [-0.15, -0.1) is 16.8 Å². The topological polar surface area (TPSA) is 114 Å². The van der Waals surface area contributed by atoms with Gasteiger partial charge in [-0.3, -0.25) is 9.59 Å². The number of allylic oxidation sites excluding steroid dienone is 1. The number of azo groups is 1. The van der Waals surface area contributed by atoms with Crippen LogP contribution in [0, 0.1) is 5.92 Å². The molecule has 42 heavy (non-hydrogen) atoms. The Hall–Kier alpha value is -3.99. The molecule has 0 aliphatic rings. The van der Waals surface area contributed by atoms with E-state index in [0.717, 1.165) is 5.69 Å². The smallest absolute Gasteiger partial charge is 0.253 e. The lowest BCUT2D eigenvalue weighted by molar-refractivity contribution is -0.113. The van der Waals surface area contributed by atoms with E-state index in [9.17, 15) is 9.59 Å². The molecular formula is C30H29Cl2N7O2S. The Morgan fingerprint density at radius 1 is 1.00 bits per heavy atom. The summed E-state index contributed by atoms with van der Waals surface area (Å²) >= 11 is 13.5. The molecular weight excluding hydrogens is 593 g/mol. The molecule has 216 valence electrons. The molecule has 2 amide bonds. The van der Waals surface area contributed by atoms with Crippen molar-refractivity contribution in [2.45, 2.75) is 31.6 Å². The van der Waals surface area contributed by atoms with Crippen LogP contribution in [0.4, 0.5) is 17.1 Å². The molecule has 0 aliphatic carbocycles. The third-order valence-electron chi connectivity index (χ3n) is 5.98. The number of halogens is 2. The SMILES string of the molecule is C=CCn1c(SCC(=O)Nc2ccc(N=Nc3ccccc3)cc2)nnc1[C@H](NC(=O)c1ccc(Cl)cc1Cl)C(C)C. The number of thioether (sulfide) groups is 1. The largest absolute Gasteiger partial charge is 0.342 e. The fraction of sp³-hybridized carbons (Fsp3) is 0.200. The maximum Gasteiger partial charge on any atom is 0.253 e. The van der Waals surface area contributed by atoms with E-state index in [4.69, 9.17) is 23.2 Å². The standard InChI is InChI=1S/C30H29Cl2N7O2S/c1-4-16-39-28(27(19(2)3)34-29(41)24-15-10-20(31)17-25(24)32)37-38-30(39)42-18-26(40)33-21-11-13-23(14-12-21)36-35-22-8-6-5-7-9-22/h4-15,17,19,27H,1,16,18H2,2-3H3,(H,33,40)(H,34,41)/t27-/m1/s1. The van der Waals surface area contributed by atoms with Crippen molar-refractivity contribution >= 4 is 63.8 Å². The predicted molar refractivity (Wildman–Crippen MR) is 168 cm³/mol. The first kappa shape index (κ1) is 31.0. The number of hydrogen-bond donors (Lipinski definition) is 2. The fourth-order valence-electron chi connectivity index (χ4n) is 3.91. The van der Waals surface area contributed by atoms with Crippen LogP contribution in [0.5, 0.6) is 0 Å². The van der Waals surface area contributed by atoms with E-state index in [0.29, 0.717) is 39.5 Å². The van der Waals surface area contributed by atoms with Crippen LogP contribution in [-0.4, -0.2) is 32.3 Å². The Morgan fingerprint density at radius 2 is 1.69 bits per heavy atom. The van der Waals surface area contributed by atoms with Crippen molar-refractivity contribution in [3.8, 4) is 0 Å². The number of carbonyl (C=O) groups excluding carboxylic acids is 2. The highest BCUT2D eigenvalue weighted by Crippen LogP contribution is 2.28. The molecule has 0 fully saturated rings. The molecule has 0 unspecified atom stereocenters. The van der Waals surface area contributed by atoms with Crippen LogP contribution in [0.25, 0.3) is 0 Å². The molecule has 0 bridgehead atoms. The van der Waals surface area contributed by atoms with Crippen LogP contribution in [0.1, 0.15) is 36.1 Å². The fourth-order valence-corrected chi connectivity index (χ4v) is 5.16. The Balaban J connectivity index is 1.40. The summed E-state index contributed by atoms with van der Waals surface area (Å²) in [4.78, 5) is 25.8. The molecule has 4 aromatic rings. The van der Waals surface area contributed by atoms with E-state index in [1.807, 2.05) is 48.7 Å². The van der Waals surface area contributed by atoms with Gasteiger partial charge in [0.1, 0.15) is 0 Å². The molecule has 4 rings (SSSR count). The zero-order valence-electron chi connectivity index (χ0n) is 23.0. The van der Waals surface area contributed by atoms with Crippen molar-refractivity contribution < 1.29 is 9.59 Å². The summed E-state index contributed by atoms with van der Waals surface area (Å²) in [6, 6.07) is 20.8. The molecule has 1 heterocycles. The lowest BCUT2D eigenvalue weighted by Gasteiger charge is -2.23. The van der Waals surface area contributed by atoms with Crippen molar-refractivity contribution in [1.29, 1.82) is 0 Å². The minimum atomic E-state index is -0.475. The predicted octanol–water partition coefficient (Wildman–Crippen LogP) is 8.04. The van der Waals surface area contributed by atoms with Crippen LogP contribution in [0.2, 0.25) is 10.0 Å². The van der Waals surface area contributed by atoms with Gasteiger partial charge in [0.15, 0.2) is 11.0 Å². The molecule has 12 heteroatoms. The summed E-state index contributed by atoms with van der Waals surface area (Å²) in [5.41, 5.74) is 2.37. The minimum absolute atomic E-state index is 0.0239. The Bertz CT molecular complexity index is 1570. The number of carbonyl (C=O) groups is 2. The second kappa shape index (κ2) is 14.8. The summed E-state index contributed by atoms with van der Waals surface area (Å²) in [5, 5.41) is 24.2. The van der Waals surface area contributed by atoms with E-state index in [1.165, 1.54) is 17.8 Å². The normalized spacial score (nSPS) is 11.9. The van der Waals surface area contributed by atoms with Gasteiger partial charge in [-0.05, 0) is 60.5 Å². The molecule has 0 aliphatic heterocycles. The molecule has 2 N–H and O–H groups in total. The first-order valence-corrected chi connectivity index (χ1v) is 14.8. The monoisotopic (exact) mass is 621 g/mol. The van der Waals surface area contributed by atoms with E-state index >= 15 is 0 Å².